The first-order chi connectivity index (χ1) is 13.6. The molecular formula is C20H29N5O3. The monoisotopic (exact) mass is 387 g/mol. The lowest BCUT2D eigenvalue weighted by atomic mass is 9.98. The Morgan fingerprint density at radius 3 is 2.75 bits per heavy atom. The molecule has 2 aromatic rings. The molecule has 4 rings (SSSR count). The van der Waals surface area contributed by atoms with Crippen LogP contribution in [0.5, 0.6) is 0 Å². The van der Waals surface area contributed by atoms with Crippen LogP contribution in [0.4, 0.5) is 0 Å². The molecule has 0 unspecified atom stereocenters. The molecule has 2 aromatic heterocycles. The summed E-state index contributed by atoms with van der Waals surface area (Å²) >= 11 is 0. The Labute approximate surface area is 165 Å². The molecule has 0 aromatic carbocycles. The fraction of sp³-hybridized carbons (Fsp3) is 0.650. The van der Waals surface area contributed by atoms with Gasteiger partial charge < -0.3 is 19.1 Å². The van der Waals surface area contributed by atoms with Gasteiger partial charge in [0.2, 0.25) is 5.91 Å². The minimum absolute atomic E-state index is 0.0388. The predicted octanol–water partition coefficient (Wildman–Crippen LogP) is 1.71. The van der Waals surface area contributed by atoms with Gasteiger partial charge in [0, 0.05) is 38.0 Å². The average molecular weight is 387 g/mol. The van der Waals surface area contributed by atoms with E-state index < -0.39 is 0 Å². The van der Waals surface area contributed by atoms with Crippen LogP contribution >= 0.6 is 0 Å². The fourth-order valence-electron chi connectivity index (χ4n) is 4.30. The van der Waals surface area contributed by atoms with Gasteiger partial charge in [-0.2, -0.15) is 5.10 Å². The largest absolute Gasteiger partial charge is 0.373 e. The number of nitrogens with zero attached hydrogens (tertiary/aromatic N) is 5. The number of rotatable bonds is 5. The Bertz CT molecular complexity index is 795. The van der Waals surface area contributed by atoms with E-state index in [4.69, 9.17) is 9.26 Å². The molecule has 152 valence electrons. The van der Waals surface area contributed by atoms with Crippen molar-refractivity contribution in [3.63, 3.8) is 0 Å². The third-order valence-corrected chi connectivity index (χ3v) is 5.63. The number of aryl methyl sites for hydroxylation is 2. The second-order valence-corrected chi connectivity index (χ2v) is 7.86. The van der Waals surface area contributed by atoms with Crippen molar-refractivity contribution in [3.8, 4) is 0 Å². The summed E-state index contributed by atoms with van der Waals surface area (Å²) in [6, 6.07) is 1.68. The van der Waals surface area contributed by atoms with Gasteiger partial charge in [-0.25, -0.2) is 0 Å². The Balaban J connectivity index is 1.55. The number of likely N-dealkylation sites (tertiary alicyclic amines) is 1. The highest BCUT2D eigenvalue weighted by Gasteiger charge is 2.38. The van der Waals surface area contributed by atoms with Crippen molar-refractivity contribution >= 4 is 5.91 Å². The van der Waals surface area contributed by atoms with Crippen molar-refractivity contribution in [2.24, 2.45) is 7.05 Å². The van der Waals surface area contributed by atoms with Crippen LogP contribution in [0.3, 0.4) is 0 Å². The fourth-order valence-corrected chi connectivity index (χ4v) is 4.30. The summed E-state index contributed by atoms with van der Waals surface area (Å²) in [6.07, 6.45) is 7.76. The van der Waals surface area contributed by atoms with Crippen molar-refractivity contribution in [3.05, 3.63) is 35.5 Å². The van der Waals surface area contributed by atoms with Gasteiger partial charge >= 0.3 is 0 Å². The topological polar surface area (TPSA) is 76.6 Å². The molecule has 28 heavy (non-hydrogen) atoms. The predicted molar refractivity (Wildman–Crippen MR) is 103 cm³/mol. The molecule has 1 amide bonds. The molecule has 2 fully saturated rings. The summed E-state index contributed by atoms with van der Waals surface area (Å²) in [5.74, 6) is 0.642. The summed E-state index contributed by atoms with van der Waals surface area (Å²) in [6.45, 7) is 6.03. The number of hydrogen-bond acceptors (Lipinski definition) is 6. The minimum atomic E-state index is -0.138. The second kappa shape index (κ2) is 8.45. The molecule has 8 heteroatoms. The quantitative estimate of drug-likeness (QED) is 0.777. The highest BCUT2D eigenvalue weighted by Crippen LogP contribution is 2.31. The number of ether oxygens (including phenoxy) is 1. The summed E-state index contributed by atoms with van der Waals surface area (Å²) in [5.41, 5.74) is 1.81. The molecular weight excluding hydrogens is 358 g/mol. The maximum atomic E-state index is 13.1. The normalized spacial score (nSPS) is 23.9. The third kappa shape index (κ3) is 4.28. The van der Waals surface area contributed by atoms with Crippen LogP contribution in [0.25, 0.3) is 0 Å². The molecule has 2 aliphatic heterocycles. The molecule has 0 radical (unpaired) electrons. The molecule has 2 atom stereocenters. The van der Waals surface area contributed by atoms with Crippen LogP contribution in [0.15, 0.2) is 23.0 Å². The number of carbonyl (C=O) groups excluding carboxylic acids is 1. The Morgan fingerprint density at radius 2 is 2.07 bits per heavy atom. The zero-order valence-electron chi connectivity index (χ0n) is 16.7. The van der Waals surface area contributed by atoms with Crippen molar-refractivity contribution in [1.82, 2.24) is 24.7 Å². The SMILES string of the molecule is Cc1cc(CC(=O)N2CCO[C@@H](CN3CCCCC3)[C@@H]2c2cnn(C)c2)on1. The highest BCUT2D eigenvalue weighted by atomic mass is 16.5. The van der Waals surface area contributed by atoms with Crippen molar-refractivity contribution in [2.45, 2.75) is 44.8 Å². The lowest BCUT2D eigenvalue weighted by Crippen LogP contribution is -2.52. The first-order valence-electron chi connectivity index (χ1n) is 10.1. The van der Waals surface area contributed by atoms with Gasteiger partial charge in [-0.05, 0) is 32.9 Å². The van der Waals surface area contributed by atoms with Crippen molar-refractivity contribution < 1.29 is 14.1 Å². The number of amides is 1. The van der Waals surface area contributed by atoms with Crippen LogP contribution in [0, 0.1) is 6.92 Å². The smallest absolute Gasteiger partial charge is 0.230 e. The maximum absolute atomic E-state index is 13.1. The summed E-state index contributed by atoms with van der Waals surface area (Å²) in [5, 5.41) is 8.23. The van der Waals surface area contributed by atoms with E-state index in [-0.39, 0.29) is 24.5 Å². The van der Waals surface area contributed by atoms with Gasteiger partial charge in [-0.3, -0.25) is 9.48 Å². The van der Waals surface area contributed by atoms with E-state index in [0.717, 1.165) is 30.9 Å². The van der Waals surface area contributed by atoms with Crippen LogP contribution in [0.1, 0.15) is 42.3 Å². The Morgan fingerprint density at radius 1 is 1.25 bits per heavy atom. The number of aromatic nitrogens is 3. The number of piperidine rings is 1. The first-order valence-corrected chi connectivity index (χ1v) is 10.1. The van der Waals surface area contributed by atoms with E-state index in [2.05, 4.69) is 15.2 Å². The first kappa shape index (κ1) is 19.1. The lowest BCUT2D eigenvalue weighted by molar-refractivity contribution is -0.148. The van der Waals surface area contributed by atoms with E-state index in [9.17, 15) is 4.79 Å². The number of hydrogen-bond donors (Lipinski definition) is 0. The molecule has 8 nitrogen and oxygen atoms in total. The average Bonchev–Trinajstić information content (AvgIpc) is 3.30. The van der Waals surface area contributed by atoms with Gasteiger partial charge in [-0.15, -0.1) is 0 Å². The van der Waals surface area contributed by atoms with Gasteiger partial charge in [-0.1, -0.05) is 11.6 Å². The van der Waals surface area contributed by atoms with Crippen LogP contribution in [-0.4, -0.2) is 69.5 Å². The van der Waals surface area contributed by atoms with Gasteiger partial charge in [0.1, 0.15) is 5.76 Å². The molecule has 0 aliphatic carbocycles. The Hall–Kier alpha value is -2.19. The molecule has 2 saturated heterocycles. The van der Waals surface area contributed by atoms with Crippen molar-refractivity contribution in [1.29, 1.82) is 0 Å². The van der Waals surface area contributed by atoms with Gasteiger partial charge in [0.15, 0.2) is 0 Å². The van der Waals surface area contributed by atoms with Gasteiger partial charge in [0.25, 0.3) is 0 Å². The van der Waals surface area contributed by atoms with Crippen LogP contribution in [-0.2, 0) is 23.0 Å². The van der Waals surface area contributed by atoms with E-state index in [0.29, 0.717) is 18.9 Å². The Kier molecular flexibility index (Phi) is 5.77. The molecule has 0 saturated carbocycles. The van der Waals surface area contributed by atoms with E-state index in [1.807, 2.05) is 37.3 Å². The van der Waals surface area contributed by atoms with Crippen LogP contribution < -0.4 is 0 Å². The maximum Gasteiger partial charge on any atom is 0.230 e. The second-order valence-electron chi connectivity index (χ2n) is 7.86. The van der Waals surface area contributed by atoms with Gasteiger partial charge in [0.05, 0.1) is 37.1 Å². The molecule has 0 bridgehead atoms. The number of carbonyl (C=O) groups is 1. The molecule has 4 heterocycles. The molecule has 0 spiro atoms. The zero-order valence-corrected chi connectivity index (χ0v) is 16.7. The van der Waals surface area contributed by atoms with Crippen LogP contribution in [0.2, 0.25) is 0 Å². The highest BCUT2D eigenvalue weighted by molar-refractivity contribution is 5.79. The third-order valence-electron chi connectivity index (χ3n) is 5.63. The van der Waals surface area contributed by atoms with E-state index in [1.54, 1.807) is 4.68 Å². The molecule has 0 N–H and O–H groups in total. The lowest BCUT2D eigenvalue weighted by Gasteiger charge is -2.43. The standard InChI is InChI=1S/C20H29N5O3/c1-15-10-17(28-22-15)11-19(26)25-8-9-27-18(14-24-6-4-3-5-7-24)20(25)16-12-21-23(2)13-16/h10,12-13,18,20H,3-9,11,14H2,1-2H3/t18-,20-/m0/s1. The summed E-state index contributed by atoms with van der Waals surface area (Å²) < 4.78 is 13.2. The minimum Gasteiger partial charge on any atom is -0.373 e. The number of morpholine rings is 1. The zero-order chi connectivity index (χ0) is 19.5. The van der Waals surface area contributed by atoms with E-state index in [1.165, 1.54) is 19.3 Å². The van der Waals surface area contributed by atoms with Crippen molar-refractivity contribution in [2.75, 3.05) is 32.8 Å². The molecule has 2 aliphatic rings. The summed E-state index contributed by atoms with van der Waals surface area (Å²) in [7, 11) is 1.90. The summed E-state index contributed by atoms with van der Waals surface area (Å²) in [4.78, 5) is 17.5. The van der Waals surface area contributed by atoms with E-state index >= 15 is 0 Å².